The Morgan fingerprint density at radius 3 is 2.09 bits per heavy atom. The zero-order chi connectivity index (χ0) is 23.5. The van der Waals surface area contributed by atoms with Gasteiger partial charge in [-0.05, 0) is 65.3 Å². The van der Waals surface area contributed by atoms with Gasteiger partial charge in [-0.25, -0.2) is 0 Å². The summed E-state index contributed by atoms with van der Waals surface area (Å²) in [5, 5.41) is 0. The molecule has 32 heavy (non-hydrogen) atoms. The third kappa shape index (κ3) is 4.37. The molecule has 2 aliphatic carbocycles. The predicted octanol–water partition coefficient (Wildman–Crippen LogP) is 9.24. The lowest BCUT2D eigenvalue weighted by atomic mass is 9.79. The maximum absolute atomic E-state index is 2.35. The zero-order valence-electron chi connectivity index (χ0n) is 21.1. The summed E-state index contributed by atoms with van der Waals surface area (Å²) >= 11 is 0. The van der Waals surface area contributed by atoms with Crippen LogP contribution in [0.15, 0.2) is 84.5 Å². The topological polar surface area (TPSA) is 0 Å². The van der Waals surface area contributed by atoms with Crippen molar-refractivity contribution < 1.29 is 0 Å². The Balaban J connectivity index is 0.000000169. The van der Waals surface area contributed by atoms with Crippen LogP contribution in [0.25, 0.3) is 16.7 Å². The Bertz CT molecular complexity index is 1140. The monoisotopic (exact) mass is 422 g/mol. The molecule has 0 aromatic heterocycles. The molecule has 3 aromatic rings. The fraction of sp³-hybridized carbons (Fsp3) is 0.312. The van der Waals surface area contributed by atoms with Crippen molar-refractivity contribution in [3.05, 3.63) is 112 Å². The molecule has 0 heterocycles. The first-order chi connectivity index (χ1) is 15.3. The molecule has 166 valence electrons. The Hall–Kier alpha value is -2.86. The molecule has 0 amide bonds. The van der Waals surface area contributed by atoms with Gasteiger partial charge in [-0.2, -0.15) is 0 Å². The smallest absolute Gasteiger partial charge is 0.0158 e. The molecule has 5 rings (SSSR count). The lowest BCUT2D eigenvalue weighted by Crippen LogP contribution is -2.17. The van der Waals surface area contributed by atoms with Gasteiger partial charge in [-0.1, -0.05) is 119 Å². The summed E-state index contributed by atoms with van der Waals surface area (Å²) in [7, 11) is 0. The van der Waals surface area contributed by atoms with Crippen LogP contribution >= 0.6 is 0 Å². The highest BCUT2D eigenvalue weighted by Gasteiger charge is 2.40. The van der Waals surface area contributed by atoms with Crippen molar-refractivity contribution in [2.24, 2.45) is 5.92 Å². The Kier molecular flexibility index (Phi) is 7.24. The van der Waals surface area contributed by atoms with Gasteiger partial charge in [-0.3, -0.25) is 0 Å². The Labute approximate surface area is 195 Å². The van der Waals surface area contributed by atoms with Crippen molar-refractivity contribution >= 4 is 5.57 Å². The standard InChI is InChI=1S/C16H18.C14H14.C2H6/c1-10-8-9-13-14(10)12-7-5-6-11(2)15(12)16(13,3)4;1-11-8-9-12(2)14(10-11)13-6-4-3-5-7-13;1-2/h5-10H,1-4H3;3-10H,1-2H3;1-2H3. The van der Waals surface area contributed by atoms with Gasteiger partial charge in [0, 0.05) is 11.3 Å². The van der Waals surface area contributed by atoms with Gasteiger partial charge >= 0.3 is 0 Å². The van der Waals surface area contributed by atoms with Crippen molar-refractivity contribution in [1.29, 1.82) is 0 Å². The lowest BCUT2D eigenvalue weighted by molar-refractivity contribution is 0.650. The third-order valence-corrected chi connectivity index (χ3v) is 6.64. The first-order valence-corrected chi connectivity index (χ1v) is 12.0. The SMILES string of the molecule is CC.Cc1ccc(C)c(-c2ccccc2)c1.Cc1cccc2c1C(C)(C)C1=C2C(C)C=C1. The summed E-state index contributed by atoms with van der Waals surface area (Å²) in [4.78, 5) is 0. The normalized spacial score (nSPS) is 17.1. The van der Waals surface area contributed by atoms with Crippen molar-refractivity contribution in [2.45, 2.75) is 60.8 Å². The van der Waals surface area contributed by atoms with E-state index in [1.165, 1.54) is 44.5 Å². The number of allylic oxidation sites excluding steroid dienone is 4. The van der Waals surface area contributed by atoms with Crippen LogP contribution in [0.4, 0.5) is 0 Å². The Morgan fingerprint density at radius 1 is 0.719 bits per heavy atom. The number of hydrogen-bond donors (Lipinski definition) is 0. The van der Waals surface area contributed by atoms with E-state index in [1.807, 2.05) is 13.8 Å². The second-order valence-electron chi connectivity index (χ2n) is 9.28. The van der Waals surface area contributed by atoms with Crippen LogP contribution in [-0.2, 0) is 5.41 Å². The molecule has 0 N–H and O–H groups in total. The molecule has 1 atom stereocenters. The van der Waals surface area contributed by atoms with Crippen LogP contribution in [0.3, 0.4) is 0 Å². The molecule has 2 aliphatic rings. The second-order valence-corrected chi connectivity index (χ2v) is 9.28. The highest BCUT2D eigenvalue weighted by atomic mass is 14.4. The van der Waals surface area contributed by atoms with E-state index in [-0.39, 0.29) is 5.41 Å². The largest absolute Gasteiger partial charge is 0.0769 e. The molecule has 0 heteroatoms. The number of hydrogen-bond acceptors (Lipinski definition) is 0. The van der Waals surface area contributed by atoms with Crippen LogP contribution in [0.2, 0.25) is 0 Å². The van der Waals surface area contributed by atoms with Gasteiger partial charge in [0.25, 0.3) is 0 Å². The zero-order valence-corrected chi connectivity index (χ0v) is 21.1. The van der Waals surface area contributed by atoms with Gasteiger partial charge in [-0.15, -0.1) is 0 Å². The number of rotatable bonds is 1. The summed E-state index contributed by atoms with van der Waals surface area (Å²) in [5.74, 6) is 0.581. The first-order valence-electron chi connectivity index (χ1n) is 12.0. The molecular weight excluding hydrogens is 384 g/mol. The summed E-state index contributed by atoms with van der Waals surface area (Å²) in [5.41, 5.74) is 13.0. The molecule has 0 saturated heterocycles. The summed E-state index contributed by atoms with van der Waals surface area (Å²) < 4.78 is 0. The van der Waals surface area contributed by atoms with E-state index in [4.69, 9.17) is 0 Å². The van der Waals surface area contributed by atoms with Crippen LogP contribution in [0, 0.1) is 26.7 Å². The number of aryl methyl sites for hydroxylation is 3. The van der Waals surface area contributed by atoms with Gasteiger partial charge in [0.2, 0.25) is 0 Å². The average Bonchev–Trinajstić information content (AvgIpc) is 3.30. The quantitative estimate of drug-likeness (QED) is 0.366. The van der Waals surface area contributed by atoms with Gasteiger partial charge in [0.05, 0.1) is 0 Å². The van der Waals surface area contributed by atoms with E-state index in [1.54, 1.807) is 5.57 Å². The summed E-state index contributed by atoms with van der Waals surface area (Å²) in [6.07, 6.45) is 4.66. The van der Waals surface area contributed by atoms with Gasteiger partial charge < -0.3 is 0 Å². The van der Waals surface area contributed by atoms with Crippen molar-refractivity contribution in [3.63, 3.8) is 0 Å². The molecule has 3 aromatic carbocycles. The van der Waals surface area contributed by atoms with E-state index >= 15 is 0 Å². The highest BCUT2D eigenvalue weighted by Crippen LogP contribution is 2.53. The molecule has 0 saturated carbocycles. The minimum Gasteiger partial charge on any atom is -0.0769 e. The lowest BCUT2D eigenvalue weighted by Gasteiger charge is -2.24. The average molecular weight is 423 g/mol. The molecule has 0 nitrogen and oxygen atoms in total. The predicted molar refractivity (Wildman–Crippen MR) is 142 cm³/mol. The van der Waals surface area contributed by atoms with Crippen molar-refractivity contribution in [1.82, 2.24) is 0 Å². The maximum atomic E-state index is 2.35. The van der Waals surface area contributed by atoms with Crippen molar-refractivity contribution in [2.75, 3.05) is 0 Å². The van der Waals surface area contributed by atoms with E-state index in [9.17, 15) is 0 Å². The van der Waals surface area contributed by atoms with E-state index in [2.05, 4.69) is 120 Å². The minimum absolute atomic E-state index is 0.192. The van der Waals surface area contributed by atoms with E-state index in [0.717, 1.165) is 0 Å². The molecule has 0 aliphatic heterocycles. The van der Waals surface area contributed by atoms with Crippen molar-refractivity contribution in [3.8, 4) is 11.1 Å². The maximum Gasteiger partial charge on any atom is 0.0158 e. The molecule has 0 fully saturated rings. The number of fused-ring (bicyclic) bond motifs is 2. The summed E-state index contributed by atoms with van der Waals surface area (Å²) in [6.45, 7) is 17.5. The van der Waals surface area contributed by atoms with E-state index < -0.39 is 0 Å². The van der Waals surface area contributed by atoms with Crippen LogP contribution in [-0.4, -0.2) is 0 Å². The first kappa shape index (κ1) is 23.8. The summed E-state index contributed by atoms with van der Waals surface area (Å²) in [6, 6.07) is 23.8. The minimum atomic E-state index is 0.192. The molecule has 0 spiro atoms. The Morgan fingerprint density at radius 2 is 1.41 bits per heavy atom. The molecule has 0 radical (unpaired) electrons. The highest BCUT2D eigenvalue weighted by molar-refractivity contribution is 5.87. The van der Waals surface area contributed by atoms with Crippen LogP contribution in [0.5, 0.6) is 0 Å². The fourth-order valence-electron chi connectivity index (χ4n) is 5.13. The van der Waals surface area contributed by atoms with E-state index in [0.29, 0.717) is 5.92 Å². The molecule has 0 bridgehead atoms. The molecular formula is C32H38. The van der Waals surface area contributed by atoms with Crippen LogP contribution in [0.1, 0.15) is 62.4 Å². The van der Waals surface area contributed by atoms with Gasteiger partial charge in [0.1, 0.15) is 0 Å². The third-order valence-electron chi connectivity index (χ3n) is 6.64. The van der Waals surface area contributed by atoms with Crippen LogP contribution < -0.4 is 0 Å². The second kappa shape index (κ2) is 9.74. The number of benzene rings is 3. The van der Waals surface area contributed by atoms with Gasteiger partial charge in [0.15, 0.2) is 0 Å². The molecule has 1 unspecified atom stereocenters. The fourth-order valence-corrected chi connectivity index (χ4v) is 5.13.